The van der Waals surface area contributed by atoms with Gasteiger partial charge in [0.15, 0.2) is 11.0 Å². The van der Waals surface area contributed by atoms with Gasteiger partial charge in [-0.15, -0.1) is 0 Å². The minimum Gasteiger partial charge on any atom is -0.470 e. The Morgan fingerprint density at radius 1 is 0.800 bits per heavy atom. The fourth-order valence-corrected chi connectivity index (χ4v) is 5.39. The summed E-state index contributed by atoms with van der Waals surface area (Å²) in [5.41, 5.74) is -0.490. The molecule has 1 unspecified atom stereocenters. The fourth-order valence-electron chi connectivity index (χ4n) is 4.43. The highest BCUT2D eigenvalue weighted by Gasteiger charge is 2.58. The van der Waals surface area contributed by atoms with Gasteiger partial charge in [0.05, 0.1) is 16.5 Å². The van der Waals surface area contributed by atoms with Crippen molar-refractivity contribution in [3.05, 3.63) is 94.3 Å². The Hall–Kier alpha value is -5.51. The van der Waals surface area contributed by atoms with Crippen molar-refractivity contribution in [3.8, 4) is 22.3 Å². The van der Waals surface area contributed by atoms with Gasteiger partial charge in [-0.2, -0.15) is 10.5 Å². The molecule has 3 heterocycles. The first kappa shape index (κ1) is 37.3. The molecule has 0 amide bonds. The Morgan fingerprint density at radius 3 is 1.94 bits per heavy atom. The monoisotopic (exact) mass is 717 g/mol. The van der Waals surface area contributed by atoms with Crippen molar-refractivity contribution in [2.24, 2.45) is 0 Å². The van der Waals surface area contributed by atoms with Crippen LogP contribution in [-0.4, -0.2) is 49.9 Å². The number of para-hydroxylation sites is 3. The van der Waals surface area contributed by atoms with E-state index in [4.69, 9.17) is 34.0 Å². The molecule has 2 aliphatic rings. The number of hydrogen-bond donors (Lipinski definition) is 0. The first-order valence-corrected chi connectivity index (χ1v) is 16.4. The standard InChI is InChI=1S/C14H13NO4S.C13H14O4.C8H4N2O2S/c1-13(2,3)19-12(17)14(20-8-15)11(16)9-6-4-5-7-10(9)18-14;1-13(2,3)17-12(15)11-10(14)8-6-4-5-7-9(8)16-11;9-5-13-10-8(11)6-3-1-2-4-7(6)12-10/h4-7H,1-3H3;4-7,11H,1-3H3;1-4H/t14-;;/m0../s1. The molecule has 4 aromatic rings. The number of ketones is 2. The number of Topliss-reactive ketones (excluding diaryl/α,β-unsaturated/α-hetero) is 2. The lowest BCUT2D eigenvalue weighted by atomic mass is 10.1. The van der Waals surface area contributed by atoms with Crippen LogP contribution < -0.4 is 15.0 Å². The van der Waals surface area contributed by atoms with Crippen molar-refractivity contribution in [1.82, 2.24) is 4.15 Å². The topological polar surface area (TPSA) is 188 Å². The van der Waals surface area contributed by atoms with Gasteiger partial charge >= 0.3 is 22.4 Å². The van der Waals surface area contributed by atoms with Crippen LogP contribution in [0, 0.1) is 21.3 Å². The number of carbonyl (C=O) groups is 4. The van der Waals surface area contributed by atoms with E-state index in [0.717, 1.165) is 4.15 Å². The molecule has 0 saturated carbocycles. The molecule has 0 saturated heterocycles. The Morgan fingerprint density at radius 2 is 1.38 bits per heavy atom. The predicted octanol–water partition coefficient (Wildman–Crippen LogP) is 6.06. The van der Waals surface area contributed by atoms with Crippen LogP contribution in [0.4, 0.5) is 0 Å². The van der Waals surface area contributed by atoms with E-state index in [1.54, 1.807) is 125 Å². The summed E-state index contributed by atoms with van der Waals surface area (Å²) in [6, 6.07) is 20.2. The Kier molecular flexibility index (Phi) is 11.1. The lowest BCUT2D eigenvalue weighted by Crippen LogP contribution is -2.48. The van der Waals surface area contributed by atoms with Gasteiger partial charge in [-0.25, -0.2) is 9.59 Å². The summed E-state index contributed by atoms with van der Waals surface area (Å²) >= 11 is 1.13. The molecule has 2 atom stereocenters. The number of ether oxygens (including phenoxy) is 4. The molecule has 0 aliphatic carbocycles. The second-order valence-electron chi connectivity index (χ2n) is 12.5. The summed E-state index contributed by atoms with van der Waals surface area (Å²) in [4.78, 5) is 57.9. The maximum atomic E-state index is 12.4. The van der Waals surface area contributed by atoms with E-state index in [1.165, 1.54) is 0 Å². The highest BCUT2D eigenvalue weighted by Crippen LogP contribution is 2.42. The normalized spacial score (nSPS) is 17.2. The number of thioether (sulfide) groups is 1. The molecule has 0 spiro atoms. The molecular formula is C35H31N3O10S2. The van der Waals surface area contributed by atoms with Crippen LogP contribution in [0.5, 0.6) is 11.5 Å². The van der Waals surface area contributed by atoms with Crippen molar-refractivity contribution >= 4 is 58.2 Å². The number of hydrogen-bond acceptors (Lipinski definition) is 14. The number of rotatable bonds is 4. The van der Waals surface area contributed by atoms with Crippen LogP contribution in [0.3, 0.4) is 0 Å². The molecule has 0 fully saturated rings. The zero-order valence-electron chi connectivity index (χ0n) is 27.7. The molecule has 0 radical (unpaired) electrons. The van der Waals surface area contributed by atoms with Gasteiger partial charge in [0.25, 0.3) is 6.10 Å². The lowest BCUT2D eigenvalue weighted by Gasteiger charge is -2.27. The van der Waals surface area contributed by atoms with Crippen molar-refractivity contribution in [2.45, 2.75) is 63.8 Å². The SMILES string of the molecule is CC(C)(C)OC(=O)C1Oc2ccccc2C1=O.CC(C)(C)OC(=O)[C@]1(SC#N)Oc2ccccc2C1=O.N#CSn1oc2ccccc2c1=O. The highest BCUT2D eigenvalue weighted by atomic mass is 32.2. The summed E-state index contributed by atoms with van der Waals surface area (Å²) in [5.74, 6) is -1.68. The molecule has 258 valence electrons. The molecule has 0 N–H and O–H groups in total. The van der Waals surface area contributed by atoms with Gasteiger partial charge in [-0.05, 0) is 77.9 Å². The summed E-state index contributed by atoms with van der Waals surface area (Å²) < 4.78 is 27.2. The van der Waals surface area contributed by atoms with E-state index >= 15 is 0 Å². The molecule has 15 heteroatoms. The molecule has 6 rings (SSSR count). The molecule has 1 aromatic heterocycles. The van der Waals surface area contributed by atoms with E-state index in [0.29, 0.717) is 46.0 Å². The van der Waals surface area contributed by atoms with E-state index in [9.17, 15) is 24.0 Å². The number of nitrogens with zero attached hydrogens (tertiary/aromatic N) is 3. The number of fused-ring (bicyclic) bond motifs is 3. The Balaban J connectivity index is 0.000000172. The summed E-state index contributed by atoms with van der Waals surface area (Å²) in [6.45, 7) is 10.3. The number of nitriles is 2. The summed E-state index contributed by atoms with van der Waals surface area (Å²) in [5, 5.41) is 21.3. The van der Waals surface area contributed by atoms with E-state index in [-0.39, 0.29) is 22.7 Å². The number of aromatic nitrogens is 1. The largest absolute Gasteiger partial charge is 0.470 e. The van der Waals surface area contributed by atoms with Gasteiger partial charge in [-0.1, -0.05) is 40.5 Å². The average Bonchev–Trinajstić information content (AvgIpc) is 3.66. The quantitative estimate of drug-likeness (QED) is 0.135. The van der Waals surface area contributed by atoms with Gasteiger partial charge in [-0.3, -0.25) is 14.4 Å². The minimum atomic E-state index is -1.97. The van der Waals surface area contributed by atoms with Gasteiger partial charge < -0.3 is 23.5 Å². The van der Waals surface area contributed by atoms with Crippen LogP contribution in [0.2, 0.25) is 0 Å². The molecular weight excluding hydrogens is 687 g/mol. The van der Waals surface area contributed by atoms with Crippen molar-refractivity contribution < 1.29 is 42.6 Å². The Bertz CT molecular complexity index is 2100. The number of carbonyl (C=O) groups excluding carboxylic acids is 4. The smallest absolute Gasteiger partial charge is 0.371 e. The molecule has 13 nitrogen and oxygen atoms in total. The van der Waals surface area contributed by atoms with Crippen LogP contribution in [0.25, 0.3) is 11.0 Å². The van der Waals surface area contributed by atoms with E-state index in [1.807, 2.05) is 0 Å². The fraction of sp³-hybridized carbons (Fsp3) is 0.286. The molecule has 50 heavy (non-hydrogen) atoms. The number of thiocyanates is 2. The van der Waals surface area contributed by atoms with Crippen LogP contribution in [0.1, 0.15) is 62.3 Å². The van der Waals surface area contributed by atoms with Crippen LogP contribution in [-0.2, 0) is 19.1 Å². The second-order valence-corrected chi connectivity index (χ2v) is 14.1. The van der Waals surface area contributed by atoms with E-state index in [2.05, 4.69) is 0 Å². The average molecular weight is 718 g/mol. The predicted molar refractivity (Wildman–Crippen MR) is 183 cm³/mol. The first-order chi connectivity index (χ1) is 23.5. The minimum absolute atomic E-state index is 0.279. The zero-order chi connectivity index (χ0) is 36.9. The Labute approximate surface area is 295 Å². The van der Waals surface area contributed by atoms with Crippen LogP contribution in [0.15, 0.2) is 82.1 Å². The summed E-state index contributed by atoms with van der Waals surface area (Å²) in [6.07, 6.45) is -1.16. The molecule has 2 aliphatic heterocycles. The zero-order valence-corrected chi connectivity index (χ0v) is 29.4. The van der Waals surface area contributed by atoms with Crippen molar-refractivity contribution in [2.75, 3.05) is 0 Å². The molecule has 0 bridgehead atoms. The van der Waals surface area contributed by atoms with Crippen molar-refractivity contribution in [3.63, 3.8) is 0 Å². The third kappa shape index (κ3) is 8.37. The molecule has 3 aromatic carbocycles. The second kappa shape index (κ2) is 14.9. The first-order valence-electron chi connectivity index (χ1n) is 14.8. The maximum absolute atomic E-state index is 12.4. The van der Waals surface area contributed by atoms with Gasteiger partial charge in [0.1, 0.15) is 40.1 Å². The van der Waals surface area contributed by atoms with E-state index < -0.39 is 40.0 Å². The van der Waals surface area contributed by atoms with Crippen molar-refractivity contribution in [1.29, 1.82) is 10.5 Å². The van der Waals surface area contributed by atoms with Crippen LogP contribution >= 0.6 is 23.7 Å². The third-order valence-electron chi connectivity index (χ3n) is 6.39. The number of esters is 2. The van der Waals surface area contributed by atoms with Gasteiger partial charge in [0.2, 0.25) is 11.6 Å². The summed E-state index contributed by atoms with van der Waals surface area (Å²) in [7, 11) is 0. The number of benzene rings is 3. The highest BCUT2D eigenvalue weighted by molar-refractivity contribution is 8.06. The lowest BCUT2D eigenvalue weighted by molar-refractivity contribution is -0.162. The maximum Gasteiger partial charge on any atom is 0.371 e. The third-order valence-corrected chi connectivity index (χ3v) is 7.69. The van der Waals surface area contributed by atoms with Gasteiger partial charge in [0, 0.05) is 11.8 Å².